The summed E-state index contributed by atoms with van der Waals surface area (Å²) in [5.41, 5.74) is 9.15. The molecular formula is C95H118N16O19S. The number of anilines is 1. The summed E-state index contributed by atoms with van der Waals surface area (Å²) < 4.78 is 0. The fraction of sp³-hybridized carbons (Fsp3) is 0.432. The zero-order valence-electron chi connectivity index (χ0n) is 74.5. The highest BCUT2D eigenvalue weighted by Crippen LogP contribution is 2.34. The molecule has 36 heteroatoms. The summed E-state index contributed by atoms with van der Waals surface area (Å²) in [5.74, 6) is -17.2. The number of nitrogens with zero attached hydrogens (tertiary/aromatic N) is 5. The van der Waals surface area contributed by atoms with Gasteiger partial charge in [0.2, 0.25) is 88.6 Å². The highest BCUT2D eigenvalue weighted by Gasteiger charge is 2.45. The van der Waals surface area contributed by atoms with Crippen molar-refractivity contribution in [2.24, 2.45) is 17.6 Å². The summed E-state index contributed by atoms with van der Waals surface area (Å²) >= 11 is 0.831. The average Bonchev–Trinajstić information content (AvgIpc) is 1.12. The number of primary amides is 1. The van der Waals surface area contributed by atoms with E-state index in [0.29, 0.717) is 82.8 Å². The van der Waals surface area contributed by atoms with Crippen molar-refractivity contribution in [3.8, 4) is 11.5 Å². The smallest absolute Gasteiger partial charge is 0.305 e. The lowest BCUT2D eigenvalue weighted by Gasteiger charge is -2.38. The summed E-state index contributed by atoms with van der Waals surface area (Å²) in [6, 6.07) is 26.0. The van der Waals surface area contributed by atoms with Crippen LogP contribution in [0.1, 0.15) is 118 Å². The number of hydrogen-bond acceptors (Lipinski definition) is 19. The number of hydrogen-bond donors (Lipinski definition) is 14. The van der Waals surface area contributed by atoms with Gasteiger partial charge in [-0.1, -0.05) is 180 Å². The highest BCUT2D eigenvalue weighted by molar-refractivity contribution is 8.00. The number of nitrogens with two attached hydrogens (primary N) is 1. The molecule has 35 nitrogen and oxygen atoms in total. The predicted molar refractivity (Wildman–Crippen MR) is 489 cm³/mol. The van der Waals surface area contributed by atoms with Gasteiger partial charge in [-0.2, -0.15) is 0 Å². The van der Waals surface area contributed by atoms with E-state index >= 15 is 47.9 Å². The van der Waals surface area contributed by atoms with Gasteiger partial charge < -0.3 is 98.4 Å². The van der Waals surface area contributed by atoms with Gasteiger partial charge in [-0.25, -0.2) is 0 Å². The summed E-state index contributed by atoms with van der Waals surface area (Å²) in [6.07, 6.45) is 3.00. The Kier molecular flexibility index (Phi) is 36.1. The Morgan fingerprint density at radius 3 is 1.67 bits per heavy atom. The third kappa shape index (κ3) is 28.2. The second-order valence-corrected chi connectivity index (χ2v) is 35.1. The van der Waals surface area contributed by atoms with Gasteiger partial charge in [0.25, 0.3) is 0 Å². The summed E-state index contributed by atoms with van der Waals surface area (Å²) in [4.78, 5) is 246. The van der Waals surface area contributed by atoms with E-state index in [0.717, 1.165) is 32.9 Å². The van der Waals surface area contributed by atoms with E-state index in [2.05, 4.69) is 52.8 Å². The number of aromatic hydroxyl groups is 2. The highest BCUT2D eigenvalue weighted by atomic mass is 32.2. The Hall–Kier alpha value is -13.7. The number of amides is 15. The van der Waals surface area contributed by atoms with Crippen LogP contribution in [0.4, 0.5) is 5.69 Å². The number of carbonyl (C=O) groups is 16. The van der Waals surface area contributed by atoms with Crippen LogP contribution < -0.4 is 58.5 Å². The van der Waals surface area contributed by atoms with Crippen LogP contribution in [0.2, 0.25) is 0 Å². The number of carbonyl (C=O) groups excluding carboxylic acids is 15. The van der Waals surface area contributed by atoms with Crippen molar-refractivity contribution in [2.45, 2.75) is 190 Å². The number of aromatic amines is 1. The van der Waals surface area contributed by atoms with Crippen molar-refractivity contribution in [3.05, 3.63) is 197 Å². The number of fused-ring (bicyclic) bond motifs is 5. The fourth-order valence-electron chi connectivity index (χ4n) is 16.7. The van der Waals surface area contributed by atoms with E-state index in [1.54, 1.807) is 135 Å². The van der Waals surface area contributed by atoms with Gasteiger partial charge >= 0.3 is 5.97 Å². The van der Waals surface area contributed by atoms with E-state index in [1.807, 2.05) is 6.92 Å². The number of rotatable bonds is 21. The van der Waals surface area contributed by atoms with Gasteiger partial charge in [-0.05, 0) is 95.2 Å². The van der Waals surface area contributed by atoms with E-state index < -0.39 is 199 Å². The number of likely N-dealkylation sites (N-methyl/N-ethyl adjacent to an activating group) is 4. The van der Waals surface area contributed by atoms with Gasteiger partial charge in [0, 0.05) is 95.6 Å². The number of phenols is 2. The second kappa shape index (κ2) is 47.6. The zero-order chi connectivity index (χ0) is 94.7. The molecule has 1 saturated carbocycles. The molecule has 1 saturated heterocycles. The van der Waals surface area contributed by atoms with Gasteiger partial charge in [-0.15, -0.1) is 11.8 Å². The molecule has 2 bridgehead atoms. The first-order valence-corrected chi connectivity index (χ1v) is 45.2. The van der Waals surface area contributed by atoms with Crippen LogP contribution in [-0.2, 0) is 115 Å². The van der Waals surface area contributed by atoms with E-state index in [4.69, 9.17) is 5.73 Å². The third-order valence-corrected chi connectivity index (χ3v) is 24.8. The maximum Gasteiger partial charge on any atom is 0.305 e. The lowest BCUT2D eigenvalue weighted by atomic mass is 9.83. The number of carboxylic acid groups (broad SMARTS) is 1. The number of aromatic nitrogens is 1. The molecule has 2 fully saturated rings. The summed E-state index contributed by atoms with van der Waals surface area (Å²) in [5, 5.41) is 56.8. The SMILES string of the molecule is CCCC[C@H]1C(=O)N(C)CC(=O)N[C@@H](CC(=O)O)C(=O)N[C@@H](C2CCCCC2)C(=O)N(C)[C@@H](Cc2ccccc2)C(=O)N[C@H]2Cc3ccc(O)cc3N(CC(=O)N[C@@H](Cc3c[nH]c4ccccc34)C(=O)N[C@@H](Cc3ccc(O)cc3)C(=O)N[C@@H](CC(C)C)C(=O)N[C@H](C(=O)NCC(N)=O)CSCC(=O)N[C@@H](Cc3ccccc3)C(=O)N(C)[C@@H](Cc3ccccc3)C(=O)N1C)C2=O. The Labute approximate surface area is 764 Å². The zero-order valence-corrected chi connectivity index (χ0v) is 75.4. The number of benzene rings is 6. The second-order valence-electron chi connectivity index (χ2n) is 34.1. The van der Waals surface area contributed by atoms with Crippen molar-refractivity contribution in [1.82, 2.24) is 72.4 Å². The molecule has 3 aliphatic rings. The summed E-state index contributed by atoms with van der Waals surface area (Å²) in [7, 11) is 5.38. The number of unbranched alkanes of at least 4 members (excludes halogenated alkanes) is 1. The minimum Gasteiger partial charge on any atom is -0.508 e. The molecular weight excluding hydrogens is 1700 g/mol. The maximum atomic E-state index is 15.7. The molecule has 2 aliphatic heterocycles. The number of nitrogens with one attached hydrogen (secondary N) is 10. The largest absolute Gasteiger partial charge is 0.508 e. The van der Waals surface area contributed by atoms with E-state index in [9.17, 15) is 44.1 Å². The van der Waals surface area contributed by atoms with Crippen molar-refractivity contribution >= 4 is 123 Å². The number of aliphatic carboxylic acids is 1. The van der Waals surface area contributed by atoms with Crippen LogP contribution in [0.25, 0.3) is 10.9 Å². The molecule has 7 aromatic rings. The molecule has 0 radical (unpaired) electrons. The Bertz CT molecular complexity index is 5230. The maximum absolute atomic E-state index is 15.7. The Balaban J connectivity index is 1.04. The van der Waals surface area contributed by atoms with E-state index in [1.165, 1.54) is 80.5 Å². The first-order chi connectivity index (χ1) is 62.6. The van der Waals surface area contributed by atoms with Gasteiger partial charge in [0.15, 0.2) is 0 Å². The van der Waals surface area contributed by atoms with Gasteiger partial charge in [0.05, 0.1) is 31.0 Å². The molecule has 1 aliphatic carbocycles. The number of carboxylic acids is 1. The first-order valence-electron chi connectivity index (χ1n) is 44.0. The van der Waals surface area contributed by atoms with Gasteiger partial charge in [-0.3, -0.25) is 76.7 Å². The average molecular weight is 1820 g/mol. The molecule has 0 unspecified atom stereocenters. The minimum atomic E-state index is -1.88. The molecule has 10 rings (SSSR count). The van der Waals surface area contributed by atoms with Crippen LogP contribution in [0.5, 0.6) is 11.5 Å². The van der Waals surface area contributed by atoms with Crippen LogP contribution in [0, 0.1) is 11.8 Å². The monoisotopic (exact) mass is 1820 g/mol. The molecule has 0 spiro atoms. The van der Waals surface area contributed by atoms with Crippen LogP contribution >= 0.6 is 11.8 Å². The number of thioether (sulfide) groups is 1. The van der Waals surface area contributed by atoms with Crippen molar-refractivity contribution < 1.29 is 92.0 Å². The number of para-hydroxylation sites is 1. The number of H-pyrrole nitrogens is 1. The quantitative estimate of drug-likeness (QED) is 0.0491. The van der Waals surface area contributed by atoms with Crippen molar-refractivity contribution in [2.75, 3.05) is 64.2 Å². The molecule has 698 valence electrons. The first kappa shape index (κ1) is 99.5. The molecule has 131 heavy (non-hydrogen) atoms. The Morgan fingerprint density at radius 2 is 1.05 bits per heavy atom. The molecule has 11 atom stereocenters. The van der Waals surface area contributed by atoms with Crippen LogP contribution in [0.3, 0.4) is 0 Å². The standard InChI is InChI=1S/C95H118N16O19S/c1-8-9-34-75-93(128)107(4)52-80(115)100-71(49-83(118)119)89(124)106-84(61-30-20-13-21-31-61)95(130)109(6)77(44-58-26-16-11-17-27-58)90(125)104-73-46-62-37-40-65(113)48-76(62)111(92(73)127)53-81(116)99-70(47-63-50-97-67-33-23-22-32-66(63)67)88(123)103-69(42-60-35-38-64(112)39-36-60)87(122)102-68(41-56(2)3)86(121)105-74(85(120)98-51-79(96)114)54-131-55-82(117)101-72(43-57-24-14-10-15-25-57)91(126)110(7)78(94(129)108(75)5)45-59-28-18-12-19-29-59/h10-12,14-19,22-29,32-33,35-40,48,50,56,61,68-75,77-78,84,97,112-113H,8-9,13,20-21,30-31,34,41-47,49,51-55H2,1-7H3,(H2,96,114)(H,98,120)(H,99,116)(H,100,115)(H,101,117)(H,102,122)(H,103,123)(H,104,125)(H,105,121)(H,106,124)(H,118,119)/t68-,69-,70-,71-,72-,73-,74-,75-,77-,78-,84-/m0/s1. The van der Waals surface area contributed by atoms with E-state index in [-0.39, 0.29) is 80.2 Å². The molecule has 6 aromatic carbocycles. The topological polar surface area (TPSA) is 500 Å². The van der Waals surface area contributed by atoms with Crippen LogP contribution in [-0.4, -0.2) is 260 Å². The molecule has 3 heterocycles. The molecule has 15 amide bonds. The van der Waals surface area contributed by atoms with Crippen molar-refractivity contribution in [3.63, 3.8) is 0 Å². The summed E-state index contributed by atoms with van der Waals surface area (Å²) in [6.45, 7) is 3.00. The predicted octanol–water partition coefficient (Wildman–Crippen LogP) is 3.14. The van der Waals surface area contributed by atoms with Gasteiger partial charge in [0.1, 0.15) is 84.5 Å². The normalized spacial score (nSPS) is 22.8. The third-order valence-electron chi connectivity index (χ3n) is 23.7. The lowest BCUT2D eigenvalue weighted by molar-refractivity contribution is -0.151. The minimum absolute atomic E-state index is 0.0379. The fourth-order valence-corrected chi connectivity index (χ4v) is 17.5. The van der Waals surface area contributed by atoms with Crippen molar-refractivity contribution in [1.29, 1.82) is 0 Å². The van der Waals surface area contributed by atoms with Crippen LogP contribution in [0.15, 0.2) is 164 Å². The molecule has 1 aromatic heterocycles. The lowest BCUT2D eigenvalue weighted by Crippen LogP contribution is -2.62. The number of phenolic OH excluding ortho intramolecular Hbond substituents is 2. The Morgan fingerprint density at radius 1 is 0.511 bits per heavy atom. The molecule has 15 N–H and O–H groups in total.